The van der Waals surface area contributed by atoms with Crippen molar-refractivity contribution in [2.45, 2.75) is 18.9 Å². The van der Waals surface area contributed by atoms with Crippen LogP contribution in [0.25, 0.3) is 11.1 Å². The zero-order valence-electron chi connectivity index (χ0n) is 18.1. The van der Waals surface area contributed by atoms with Gasteiger partial charge in [0.25, 0.3) is 0 Å². The van der Waals surface area contributed by atoms with Crippen LogP contribution < -0.4 is 5.32 Å². The van der Waals surface area contributed by atoms with Gasteiger partial charge in [-0.3, -0.25) is 19.6 Å². The molecular formula is C24H24N4O5. The van der Waals surface area contributed by atoms with Crippen molar-refractivity contribution in [1.82, 2.24) is 14.7 Å². The molecule has 0 unspecified atom stereocenters. The number of ether oxygens (including phenoxy) is 1. The molecular weight excluding hydrogens is 424 g/mol. The Morgan fingerprint density at radius 2 is 1.73 bits per heavy atom. The monoisotopic (exact) mass is 448 g/mol. The first-order valence-corrected chi connectivity index (χ1v) is 10.5. The minimum Gasteiger partial charge on any atom is -0.481 e. The van der Waals surface area contributed by atoms with Crippen LogP contribution in [0, 0.1) is 0 Å². The van der Waals surface area contributed by atoms with E-state index in [0.717, 1.165) is 22.3 Å². The summed E-state index contributed by atoms with van der Waals surface area (Å²) in [5.74, 6) is -1.29. The molecule has 170 valence electrons. The number of rotatable bonds is 8. The molecule has 4 rings (SSSR count). The topological polar surface area (TPSA) is 114 Å². The van der Waals surface area contributed by atoms with Crippen LogP contribution in [0.5, 0.6) is 0 Å². The summed E-state index contributed by atoms with van der Waals surface area (Å²) in [6, 6.07) is 16.2. The molecule has 0 fully saturated rings. The summed E-state index contributed by atoms with van der Waals surface area (Å²) < 4.78 is 6.88. The number of amides is 2. The van der Waals surface area contributed by atoms with E-state index in [1.807, 2.05) is 24.3 Å². The normalized spacial score (nSPS) is 12.0. The minimum absolute atomic E-state index is 0.0372. The lowest BCUT2D eigenvalue weighted by molar-refractivity contribution is -0.138. The quantitative estimate of drug-likeness (QED) is 0.547. The van der Waals surface area contributed by atoms with E-state index in [4.69, 9.17) is 9.84 Å². The third kappa shape index (κ3) is 5.03. The number of likely N-dealkylation sites (N-methyl/N-ethyl adjacent to an activating group) is 1. The first-order chi connectivity index (χ1) is 15.9. The molecule has 1 aliphatic carbocycles. The van der Waals surface area contributed by atoms with Crippen molar-refractivity contribution in [3.63, 3.8) is 0 Å². The number of aromatic nitrogens is 2. The summed E-state index contributed by atoms with van der Waals surface area (Å²) in [5.41, 5.74) is 4.96. The summed E-state index contributed by atoms with van der Waals surface area (Å²) in [6.07, 6.45) is 2.20. The Hall–Kier alpha value is -4.14. The number of nitrogens with one attached hydrogen (secondary N) is 1. The van der Waals surface area contributed by atoms with Gasteiger partial charge < -0.3 is 14.7 Å². The van der Waals surface area contributed by atoms with E-state index < -0.39 is 12.1 Å². The largest absolute Gasteiger partial charge is 0.481 e. The summed E-state index contributed by atoms with van der Waals surface area (Å²) in [5, 5.41) is 15.4. The maximum Gasteiger partial charge on any atom is 0.411 e. The van der Waals surface area contributed by atoms with Gasteiger partial charge in [0.15, 0.2) is 0 Å². The van der Waals surface area contributed by atoms with Crippen LogP contribution >= 0.6 is 0 Å². The molecule has 0 saturated carbocycles. The summed E-state index contributed by atoms with van der Waals surface area (Å²) in [7, 11) is 1.53. The van der Waals surface area contributed by atoms with Crippen molar-refractivity contribution in [2.24, 2.45) is 0 Å². The number of carbonyl (C=O) groups excluding carboxylic acids is 2. The van der Waals surface area contributed by atoms with Gasteiger partial charge in [-0.05, 0) is 22.3 Å². The minimum atomic E-state index is -0.969. The first kappa shape index (κ1) is 22.1. The van der Waals surface area contributed by atoms with Crippen LogP contribution in [-0.4, -0.2) is 58.0 Å². The molecule has 0 bridgehead atoms. The van der Waals surface area contributed by atoms with Gasteiger partial charge >= 0.3 is 12.1 Å². The molecule has 2 aromatic carbocycles. The van der Waals surface area contributed by atoms with Gasteiger partial charge in [0.1, 0.15) is 13.2 Å². The third-order valence-electron chi connectivity index (χ3n) is 5.61. The predicted molar refractivity (Wildman–Crippen MR) is 121 cm³/mol. The van der Waals surface area contributed by atoms with Gasteiger partial charge in [0.2, 0.25) is 5.91 Å². The highest BCUT2D eigenvalue weighted by Crippen LogP contribution is 2.44. The second kappa shape index (κ2) is 9.56. The Bertz CT molecular complexity index is 1140. The number of aliphatic carboxylic acids is 1. The van der Waals surface area contributed by atoms with Crippen LogP contribution in [-0.2, 0) is 20.9 Å². The van der Waals surface area contributed by atoms with Gasteiger partial charge in [-0.1, -0.05) is 48.5 Å². The fourth-order valence-corrected chi connectivity index (χ4v) is 3.91. The Labute approximate surface area is 190 Å². The van der Waals surface area contributed by atoms with Crippen LogP contribution in [0.15, 0.2) is 60.9 Å². The van der Waals surface area contributed by atoms with E-state index in [2.05, 4.69) is 34.7 Å². The number of hydrogen-bond donors (Lipinski definition) is 2. The molecule has 0 spiro atoms. The van der Waals surface area contributed by atoms with E-state index in [1.165, 1.54) is 29.0 Å². The van der Waals surface area contributed by atoms with Crippen LogP contribution in [0.4, 0.5) is 10.5 Å². The highest BCUT2D eigenvalue weighted by atomic mass is 16.5. The standard InChI is InChI=1S/C24H24N4O5/c1-27(11-10-23(30)31)22(29)14-28-13-16(12-25-28)26-24(32)33-15-21-19-8-4-2-6-17(19)18-7-3-5-9-20(18)21/h2-9,12-13,21H,10-11,14-15H2,1H3,(H,26,32)(H,30,31). The summed E-state index contributed by atoms with van der Waals surface area (Å²) >= 11 is 0. The highest BCUT2D eigenvalue weighted by Gasteiger charge is 2.29. The smallest absolute Gasteiger partial charge is 0.411 e. The molecule has 0 atom stereocenters. The van der Waals surface area contributed by atoms with Gasteiger partial charge in [-0.15, -0.1) is 0 Å². The fraction of sp³-hybridized carbons (Fsp3) is 0.250. The Balaban J connectivity index is 1.32. The van der Waals surface area contributed by atoms with Gasteiger partial charge in [0, 0.05) is 25.7 Å². The lowest BCUT2D eigenvalue weighted by Crippen LogP contribution is -2.32. The van der Waals surface area contributed by atoms with Crippen molar-refractivity contribution in [1.29, 1.82) is 0 Å². The van der Waals surface area contributed by atoms with Crippen LogP contribution in [0.3, 0.4) is 0 Å². The van der Waals surface area contributed by atoms with Gasteiger partial charge in [-0.2, -0.15) is 5.10 Å². The molecule has 9 heteroatoms. The number of hydrogen-bond acceptors (Lipinski definition) is 5. The SMILES string of the molecule is CN(CCC(=O)O)C(=O)Cn1cc(NC(=O)OCC2c3ccccc3-c3ccccc32)cn1. The molecule has 2 N–H and O–H groups in total. The number of carboxylic acids is 1. The summed E-state index contributed by atoms with van der Waals surface area (Å²) in [4.78, 5) is 36.5. The van der Waals surface area contributed by atoms with Crippen molar-refractivity contribution in [3.8, 4) is 11.1 Å². The molecule has 33 heavy (non-hydrogen) atoms. The number of anilines is 1. The van der Waals surface area contributed by atoms with Crippen LogP contribution in [0.2, 0.25) is 0 Å². The van der Waals surface area contributed by atoms with Gasteiger partial charge in [-0.25, -0.2) is 4.79 Å². The Morgan fingerprint density at radius 3 is 2.36 bits per heavy atom. The average Bonchev–Trinajstić information content (AvgIpc) is 3.37. The van der Waals surface area contributed by atoms with Crippen molar-refractivity contribution >= 4 is 23.7 Å². The molecule has 9 nitrogen and oxygen atoms in total. The van der Waals surface area contributed by atoms with E-state index in [9.17, 15) is 14.4 Å². The van der Waals surface area contributed by atoms with Crippen molar-refractivity contribution < 1.29 is 24.2 Å². The average molecular weight is 448 g/mol. The van der Waals surface area contributed by atoms with Crippen molar-refractivity contribution in [3.05, 3.63) is 72.1 Å². The number of carboxylic acid groups (broad SMARTS) is 1. The molecule has 1 aliphatic rings. The molecule has 1 heterocycles. The second-order valence-electron chi connectivity index (χ2n) is 7.84. The molecule has 2 amide bonds. The van der Waals surface area contributed by atoms with E-state index in [-0.39, 0.29) is 37.9 Å². The van der Waals surface area contributed by atoms with E-state index in [1.54, 1.807) is 0 Å². The third-order valence-corrected chi connectivity index (χ3v) is 5.61. The lowest BCUT2D eigenvalue weighted by atomic mass is 9.98. The molecule has 0 saturated heterocycles. The number of carbonyl (C=O) groups is 3. The number of nitrogens with zero attached hydrogens (tertiary/aromatic N) is 3. The Morgan fingerprint density at radius 1 is 1.09 bits per heavy atom. The van der Waals surface area contributed by atoms with Crippen LogP contribution in [0.1, 0.15) is 23.5 Å². The lowest BCUT2D eigenvalue weighted by Gasteiger charge is -2.15. The Kier molecular flexibility index (Phi) is 6.39. The first-order valence-electron chi connectivity index (χ1n) is 10.5. The molecule has 1 aromatic heterocycles. The number of fused-ring (bicyclic) bond motifs is 3. The van der Waals surface area contributed by atoms with E-state index in [0.29, 0.717) is 5.69 Å². The molecule has 0 radical (unpaired) electrons. The molecule has 0 aliphatic heterocycles. The van der Waals surface area contributed by atoms with Gasteiger partial charge in [0.05, 0.1) is 18.3 Å². The van der Waals surface area contributed by atoms with E-state index >= 15 is 0 Å². The number of benzene rings is 2. The zero-order valence-corrected chi connectivity index (χ0v) is 18.1. The van der Waals surface area contributed by atoms with Crippen molar-refractivity contribution in [2.75, 3.05) is 25.5 Å². The maximum atomic E-state index is 12.4. The zero-order chi connectivity index (χ0) is 23.4. The highest BCUT2D eigenvalue weighted by molar-refractivity contribution is 5.85. The predicted octanol–water partition coefficient (Wildman–Crippen LogP) is 3.18. The summed E-state index contributed by atoms with van der Waals surface area (Å²) in [6.45, 7) is 0.240. The molecule has 3 aromatic rings. The fourth-order valence-electron chi connectivity index (χ4n) is 3.91. The second-order valence-corrected chi connectivity index (χ2v) is 7.84. The maximum absolute atomic E-state index is 12.4.